The Kier molecular flexibility index (Phi) is 8.76. The van der Waals surface area contributed by atoms with E-state index in [1.54, 1.807) is 0 Å². The molecule has 0 spiro atoms. The van der Waals surface area contributed by atoms with Crippen LogP contribution in [0.4, 0.5) is 17.3 Å². The van der Waals surface area contributed by atoms with Gasteiger partial charge in [0.2, 0.25) is 5.95 Å². The fourth-order valence-electron chi connectivity index (χ4n) is 7.60. The van der Waals surface area contributed by atoms with Crippen molar-refractivity contribution in [3.63, 3.8) is 0 Å². The molecule has 242 valence electrons. The largest absolute Gasteiger partial charge is 0.364 e. The number of benzene rings is 3. The van der Waals surface area contributed by atoms with Gasteiger partial charge in [-0.05, 0) is 79.6 Å². The number of pyridine rings is 1. The molecule has 1 aliphatic heterocycles. The molecular weight excluding hydrogens is 590 g/mol. The van der Waals surface area contributed by atoms with E-state index in [0.717, 1.165) is 60.3 Å². The van der Waals surface area contributed by atoms with Crippen LogP contribution in [0.2, 0.25) is 0 Å². The van der Waals surface area contributed by atoms with E-state index in [0.29, 0.717) is 23.5 Å². The first-order valence-corrected chi connectivity index (χ1v) is 17.3. The van der Waals surface area contributed by atoms with Crippen LogP contribution in [0.5, 0.6) is 0 Å². The molecule has 0 bridgehead atoms. The van der Waals surface area contributed by atoms with Crippen molar-refractivity contribution in [3.05, 3.63) is 133 Å². The van der Waals surface area contributed by atoms with Gasteiger partial charge in [0.05, 0.1) is 16.9 Å². The first-order chi connectivity index (χ1) is 23.5. The summed E-state index contributed by atoms with van der Waals surface area (Å²) in [5.41, 5.74) is 7.06. The Morgan fingerprint density at radius 1 is 0.646 bits per heavy atom. The third kappa shape index (κ3) is 5.64. The Bertz CT molecular complexity index is 1870. The number of ether oxygens (including phenoxy) is 1. The van der Waals surface area contributed by atoms with Crippen molar-refractivity contribution in [2.24, 2.45) is 5.92 Å². The summed E-state index contributed by atoms with van der Waals surface area (Å²) in [4.78, 5) is 22.1. The number of para-hydroxylation sites is 2. The molecule has 1 atom stereocenters. The zero-order chi connectivity index (χ0) is 33.1. The zero-order valence-electron chi connectivity index (χ0n) is 28.3. The highest BCUT2D eigenvalue weighted by Gasteiger charge is 2.56. The summed E-state index contributed by atoms with van der Waals surface area (Å²) in [7, 11) is 0. The van der Waals surface area contributed by atoms with Gasteiger partial charge in [0.15, 0.2) is 11.6 Å². The van der Waals surface area contributed by atoms with Gasteiger partial charge in [0, 0.05) is 34.6 Å². The average molecular weight is 634 g/mol. The summed E-state index contributed by atoms with van der Waals surface area (Å²) in [5, 5.41) is 0. The Morgan fingerprint density at radius 3 is 1.77 bits per heavy atom. The number of hydrogen-bond acceptors (Lipinski definition) is 6. The highest BCUT2D eigenvalue weighted by molar-refractivity contribution is 5.75. The van der Waals surface area contributed by atoms with Crippen molar-refractivity contribution in [2.45, 2.75) is 71.0 Å². The van der Waals surface area contributed by atoms with Crippen LogP contribution in [0.25, 0.3) is 28.3 Å². The first kappa shape index (κ1) is 31.6. The maximum absolute atomic E-state index is 7.04. The minimum atomic E-state index is -0.170. The summed E-state index contributed by atoms with van der Waals surface area (Å²) in [6.45, 7) is 9.07. The molecule has 1 fully saturated rings. The Morgan fingerprint density at radius 2 is 1.23 bits per heavy atom. The van der Waals surface area contributed by atoms with Crippen molar-refractivity contribution in [1.82, 2.24) is 19.9 Å². The van der Waals surface area contributed by atoms with E-state index in [1.165, 1.54) is 11.1 Å². The Labute approximate surface area is 284 Å². The number of nitrogens with zero attached hydrogens (tertiary/aromatic N) is 5. The topological polar surface area (TPSA) is 64.0 Å². The van der Waals surface area contributed by atoms with Crippen LogP contribution in [0.1, 0.15) is 65.5 Å². The van der Waals surface area contributed by atoms with Gasteiger partial charge in [0.1, 0.15) is 0 Å². The van der Waals surface area contributed by atoms with Crippen molar-refractivity contribution in [1.29, 1.82) is 0 Å². The van der Waals surface area contributed by atoms with E-state index in [-0.39, 0.29) is 11.2 Å². The molecule has 0 radical (unpaired) electrons. The molecule has 2 aliphatic rings. The van der Waals surface area contributed by atoms with Crippen LogP contribution in [0.15, 0.2) is 127 Å². The average Bonchev–Trinajstić information content (AvgIpc) is 3.46. The van der Waals surface area contributed by atoms with Gasteiger partial charge >= 0.3 is 0 Å². The molecule has 5 aromatic rings. The highest BCUT2D eigenvalue weighted by atomic mass is 16.5. The van der Waals surface area contributed by atoms with E-state index in [4.69, 9.17) is 24.7 Å². The predicted molar refractivity (Wildman–Crippen MR) is 195 cm³/mol. The highest BCUT2D eigenvalue weighted by Crippen LogP contribution is 2.56. The second-order valence-electron chi connectivity index (χ2n) is 12.7. The lowest BCUT2D eigenvalue weighted by molar-refractivity contribution is -0.115. The maximum Gasteiger partial charge on any atom is 0.238 e. The van der Waals surface area contributed by atoms with Crippen LogP contribution in [-0.4, -0.2) is 31.1 Å². The normalized spacial score (nSPS) is 17.7. The summed E-state index contributed by atoms with van der Waals surface area (Å²) in [6, 6.07) is 34.7. The van der Waals surface area contributed by atoms with E-state index >= 15 is 0 Å². The van der Waals surface area contributed by atoms with Crippen molar-refractivity contribution >= 4 is 22.9 Å². The molecule has 0 saturated carbocycles. The van der Waals surface area contributed by atoms with Crippen LogP contribution in [0, 0.1) is 5.92 Å². The van der Waals surface area contributed by atoms with Crippen molar-refractivity contribution in [2.75, 3.05) is 4.90 Å². The molecule has 1 unspecified atom stereocenters. The van der Waals surface area contributed by atoms with Gasteiger partial charge in [-0.2, -0.15) is 9.97 Å². The molecule has 7 rings (SSSR count). The van der Waals surface area contributed by atoms with E-state index in [2.05, 4.69) is 81.1 Å². The number of hydrogen-bond donors (Lipinski definition) is 0. The molecule has 6 nitrogen and oxygen atoms in total. The van der Waals surface area contributed by atoms with E-state index in [9.17, 15) is 0 Å². The van der Waals surface area contributed by atoms with E-state index < -0.39 is 0 Å². The summed E-state index contributed by atoms with van der Waals surface area (Å²) < 4.78 is 7.04. The lowest BCUT2D eigenvalue weighted by atomic mass is 9.70. The quantitative estimate of drug-likeness (QED) is 0.152. The minimum absolute atomic E-state index is 0.143. The number of allylic oxidation sites excluding steroid dienone is 3. The standard InChI is InChI=1S/C42H43N5O/c1-5-41(6-2)35-26-24-31(28-36(35)42(7-3,8-4)48-41)37-27-25-32(29-43-37)39-44-38(30-18-12-9-13-19-30)45-40(46-39)47(33-20-14-10-15-21-33)34-22-16-11-17-23-34/h9-27,29,36H,5-8,28H2,1-4H3. The molecular formula is C42H43N5O. The second-order valence-corrected chi connectivity index (χ2v) is 12.7. The third-order valence-corrected chi connectivity index (χ3v) is 10.4. The van der Waals surface area contributed by atoms with Crippen LogP contribution in [-0.2, 0) is 4.74 Å². The molecule has 2 aromatic heterocycles. The number of fused-ring (bicyclic) bond motifs is 1. The fraction of sp³-hybridized carbons (Fsp3) is 0.286. The minimum Gasteiger partial charge on any atom is -0.364 e. The first-order valence-electron chi connectivity index (χ1n) is 17.3. The molecule has 0 N–H and O–H groups in total. The van der Waals surface area contributed by atoms with Gasteiger partial charge in [-0.25, -0.2) is 4.98 Å². The predicted octanol–water partition coefficient (Wildman–Crippen LogP) is 10.5. The molecule has 1 aliphatic carbocycles. The second kappa shape index (κ2) is 13.3. The van der Waals surface area contributed by atoms with Gasteiger partial charge < -0.3 is 4.74 Å². The van der Waals surface area contributed by atoms with Gasteiger partial charge in [0.25, 0.3) is 0 Å². The fourth-order valence-corrected chi connectivity index (χ4v) is 7.60. The third-order valence-electron chi connectivity index (χ3n) is 10.4. The van der Waals surface area contributed by atoms with Crippen LogP contribution >= 0.6 is 0 Å². The van der Waals surface area contributed by atoms with Crippen molar-refractivity contribution in [3.8, 4) is 22.8 Å². The lowest BCUT2D eigenvalue weighted by Crippen LogP contribution is -2.37. The molecule has 48 heavy (non-hydrogen) atoms. The lowest BCUT2D eigenvalue weighted by Gasteiger charge is -2.35. The number of aromatic nitrogens is 4. The molecule has 1 saturated heterocycles. The molecule has 3 aromatic carbocycles. The Hall–Kier alpha value is -4.94. The molecule has 3 heterocycles. The number of anilines is 3. The summed E-state index contributed by atoms with van der Waals surface area (Å²) in [6.07, 6.45) is 11.4. The molecule has 6 heteroatoms. The van der Waals surface area contributed by atoms with Crippen LogP contribution < -0.4 is 4.90 Å². The van der Waals surface area contributed by atoms with Gasteiger partial charge in [-0.1, -0.05) is 107 Å². The SMILES string of the molecule is CCC1(CC)OC(CC)(CC)C2CC(c3ccc(-c4nc(-c5ccccc5)nc(N(c5ccccc5)c5ccccc5)n4)cn3)=CC=C21. The smallest absolute Gasteiger partial charge is 0.238 e. The molecule has 0 amide bonds. The maximum atomic E-state index is 7.04. The van der Waals surface area contributed by atoms with Gasteiger partial charge in [-0.3, -0.25) is 9.88 Å². The van der Waals surface area contributed by atoms with Gasteiger partial charge in [-0.15, -0.1) is 0 Å². The van der Waals surface area contributed by atoms with Crippen LogP contribution in [0.3, 0.4) is 0 Å². The number of rotatable bonds is 10. The summed E-state index contributed by atoms with van der Waals surface area (Å²) >= 11 is 0. The summed E-state index contributed by atoms with van der Waals surface area (Å²) in [5.74, 6) is 2.08. The monoisotopic (exact) mass is 633 g/mol. The van der Waals surface area contributed by atoms with Crippen molar-refractivity contribution < 1.29 is 4.74 Å². The zero-order valence-corrected chi connectivity index (χ0v) is 28.3. The van der Waals surface area contributed by atoms with E-state index in [1.807, 2.05) is 72.9 Å². The Balaban J connectivity index is 1.28.